The third-order valence-electron chi connectivity index (χ3n) is 5.28. The number of nitrogens with zero attached hydrogens (tertiary/aromatic N) is 1. The molecule has 0 bridgehead atoms. The number of hydrogen-bond donors (Lipinski definition) is 1. The van der Waals surface area contributed by atoms with Crippen molar-refractivity contribution >= 4 is 29.4 Å². The van der Waals surface area contributed by atoms with Gasteiger partial charge in [-0.15, -0.1) is 0 Å². The summed E-state index contributed by atoms with van der Waals surface area (Å²) in [5.41, 5.74) is -1.41. The van der Waals surface area contributed by atoms with Gasteiger partial charge in [0.2, 0.25) is 0 Å². The minimum Gasteiger partial charge on any atom is -0.497 e. The molecule has 0 fully saturated rings. The summed E-state index contributed by atoms with van der Waals surface area (Å²) in [4.78, 5) is 14.4. The largest absolute Gasteiger partial charge is 0.497 e. The van der Waals surface area contributed by atoms with Crippen molar-refractivity contribution in [2.75, 3.05) is 12.0 Å². The third kappa shape index (κ3) is 7.42. The number of alkyl halides is 6. The number of rotatable bonds is 6. The molecule has 0 unspecified atom stereocenters. The van der Waals surface area contributed by atoms with Gasteiger partial charge < -0.3 is 10.1 Å². The van der Waals surface area contributed by atoms with Crippen LogP contribution in [0, 0.1) is 6.92 Å². The Kier molecular flexibility index (Phi) is 8.42. The summed E-state index contributed by atoms with van der Waals surface area (Å²) < 4.78 is 83.9. The topological polar surface area (TPSA) is 41.6 Å². The van der Waals surface area contributed by atoms with E-state index in [1.54, 1.807) is 49.4 Å². The number of methoxy groups -OCH3 is 1. The Bertz CT molecular complexity index is 1270. The zero-order valence-corrected chi connectivity index (χ0v) is 20.3. The molecule has 0 aliphatic carbocycles. The van der Waals surface area contributed by atoms with Gasteiger partial charge in [0.15, 0.2) is 0 Å². The van der Waals surface area contributed by atoms with E-state index in [1.807, 2.05) is 0 Å². The van der Waals surface area contributed by atoms with Crippen LogP contribution >= 0.6 is 11.6 Å². The first-order valence-corrected chi connectivity index (χ1v) is 11.1. The van der Waals surface area contributed by atoms with Crippen molar-refractivity contribution < 1.29 is 35.9 Å². The lowest BCUT2D eigenvalue weighted by Gasteiger charge is -2.23. The van der Waals surface area contributed by atoms with Crippen LogP contribution in [0.3, 0.4) is 0 Å². The van der Waals surface area contributed by atoms with E-state index in [-0.39, 0.29) is 18.2 Å². The van der Waals surface area contributed by atoms with E-state index in [1.165, 1.54) is 12.0 Å². The third-order valence-corrected chi connectivity index (χ3v) is 5.69. The van der Waals surface area contributed by atoms with Crippen LogP contribution in [0.5, 0.6) is 5.75 Å². The fourth-order valence-corrected chi connectivity index (χ4v) is 3.52. The maximum absolute atomic E-state index is 13.1. The molecule has 37 heavy (non-hydrogen) atoms. The van der Waals surface area contributed by atoms with Gasteiger partial charge in [0.25, 0.3) is 0 Å². The molecule has 0 aliphatic rings. The summed E-state index contributed by atoms with van der Waals surface area (Å²) in [7, 11) is 1.49. The molecular formula is C26H21ClF6N2O2. The Morgan fingerprint density at radius 2 is 1.62 bits per heavy atom. The Morgan fingerprint density at radius 1 is 0.973 bits per heavy atom. The van der Waals surface area contributed by atoms with Crippen molar-refractivity contribution in [3.8, 4) is 5.75 Å². The molecule has 0 saturated heterocycles. The van der Waals surface area contributed by atoms with Gasteiger partial charge in [0.05, 0.1) is 24.8 Å². The second-order valence-electron chi connectivity index (χ2n) is 7.99. The van der Waals surface area contributed by atoms with Crippen molar-refractivity contribution in [1.29, 1.82) is 0 Å². The van der Waals surface area contributed by atoms with Gasteiger partial charge >= 0.3 is 18.4 Å². The van der Waals surface area contributed by atoms with E-state index in [9.17, 15) is 31.1 Å². The van der Waals surface area contributed by atoms with Crippen molar-refractivity contribution in [3.63, 3.8) is 0 Å². The van der Waals surface area contributed by atoms with Crippen LogP contribution in [-0.2, 0) is 18.9 Å². The summed E-state index contributed by atoms with van der Waals surface area (Å²) >= 11 is 6.22. The van der Waals surface area contributed by atoms with Crippen LogP contribution in [0.2, 0.25) is 5.02 Å². The van der Waals surface area contributed by atoms with Gasteiger partial charge in [0.1, 0.15) is 5.75 Å². The maximum Gasteiger partial charge on any atom is 0.416 e. The predicted octanol–water partition coefficient (Wildman–Crippen LogP) is 8.08. The second kappa shape index (κ2) is 11.2. The zero-order valence-electron chi connectivity index (χ0n) is 19.5. The zero-order chi connectivity index (χ0) is 27.4. The number of halogens is 7. The Labute approximate surface area is 214 Å². The number of aryl methyl sites for hydroxylation is 1. The lowest BCUT2D eigenvalue weighted by Crippen LogP contribution is -2.37. The number of urea groups is 1. The van der Waals surface area contributed by atoms with Gasteiger partial charge in [-0.05, 0) is 72.2 Å². The van der Waals surface area contributed by atoms with Crippen molar-refractivity contribution in [3.05, 3.63) is 99.7 Å². The Morgan fingerprint density at radius 3 is 2.19 bits per heavy atom. The van der Waals surface area contributed by atoms with Gasteiger partial charge in [-0.3, -0.25) is 4.90 Å². The van der Waals surface area contributed by atoms with Crippen molar-refractivity contribution in [2.45, 2.75) is 25.8 Å². The minimum absolute atomic E-state index is 0.0346. The monoisotopic (exact) mass is 542 g/mol. The Hall–Kier alpha value is -3.66. The fourth-order valence-electron chi connectivity index (χ4n) is 3.35. The average molecular weight is 543 g/mol. The molecule has 0 spiro atoms. The fraction of sp³-hybridized carbons (Fsp3) is 0.192. The summed E-state index contributed by atoms with van der Waals surface area (Å²) in [5, 5.41) is 2.80. The molecule has 11 heteroatoms. The SMILES string of the molecule is COc1cccc(CN(C(=O)N/C=C/c2cc(C(F)(F)F)cc(C(F)(F)F)c2)c2ccc(C)c(Cl)c2)c1. The molecule has 1 N–H and O–H groups in total. The van der Waals surface area contributed by atoms with Crippen LogP contribution in [0.4, 0.5) is 36.8 Å². The lowest BCUT2D eigenvalue weighted by molar-refractivity contribution is -0.143. The standard InChI is InChI=1S/C26H21ClF6N2O2/c1-16-6-7-21(14-23(16)27)35(15-18-4-3-5-22(12-18)37-2)24(36)34-9-8-17-10-19(25(28,29)30)13-20(11-17)26(31,32)33/h3-14H,15H2,1-2H3,(H,34,36)/b9-8+. The van der Waals surface area contributed by atoms with Crippen LogP contribution < -0.4 is 15.0 Å². The number of anilines is 1. The van der Waals surface area contributed by atoms with E-state index >= 15 is 0 Å². The molecular weight excluding hydrogens is 522 g/mol. The van der Waals surface area contributed by atoms with Crippen molar-refractivity contribution in [1.82, 2.24) is 5.32 Å². The number of hydrogen-bond acceptors (Lipinski definition) is 2. The highest BCUT2D eigenvalue weighted by Crippen LogP contribution is 2.36. The van der Waals surface area contributed by atoms with Crippen molar-refractivity contribution in [2.24, 2.45) is 0 Å². The van der Waals surface area contributed by atoms with E-state index in [0.717, 1.165) is 17.8 Å². The first-order chi connectivity index (χ1) is 17.3. The van der Waals surface area contributed by atoms with E-state index in [4.69, 9.17) is 16.3 Å². The molecule has 0 aromatic heterocycles. The highest BCUT2D eigenvalue weighted by Gasteiger charge is 2.36. The molecule has 3 aromatic rings. The van der Waals surface area contributed by atoms with Crippen LogP contribution in [-0.4, -0.2) is 13.1 Å². The van der Waals surface area contributed by atoms with E-state index in [0.29, 0.717) is 34.2 Å². The number of benzene rings is 3. The van der Waals surface area contributed by atoms with E-state index < -0.39 is 29.5 Å². The summed E-state index contributed by atoms with van der Waals surface area (Å²) in [6, 6.07) is 12.3. The smallest absolute Gasteiger partial charge is 0.416 e. The number of carbonyl (C=O) groups excluding carboxylic acids is 1. The molecule has 0 heterocycles. The number of nitrogens with one attached hydrogen (secondary N) is 1. The molecule has 3 aromatic carbocycles. The van der Waals surface area contributed by atoms with E-state index in [2.05, 4.69) is 5.32 Å². The highest BCUT2D eigenvalue weighted by molar-refractivity contribution is 6.31. The predicted molar refractivity (Wildman–Crippen MR) is 129 cm³/mol. The molecule has 0 aliphatic heterocycles. The highest BCUT2D eigenvalue weighted by atomic mass is 35.5. The maximum atomic E-state index is 13.1. The minimum atomic E-state index is -4.98. The molecule has 0 atom stereocenters. The summed E-state index contributed by atoms with van der Waals surface area (Å²) in [6.45, 7) is 1.85. The molecule has 2 amide bonds. The van der Waals surface area contributed by atoms with Gasteiger partial charge in [-0.25, -0.2) is 4.79 Å². The number of carbonyl (C=O) groups is 1. The van der Waals surface area contributed by atoms with Crippen LogP contribution in [0.25, 0.3) is 6.08 Å². The number of amides is 2. The molecule has 0 saturated carbocycles. The van der Waals surface area contributed by atoms with Crippen LogP contribution in [0.1, 0.15) is 27.8 Å². The van der Waals surface area contributed by atoms with Gasteiger partial charge in [-0.1, -0.05) is 29.8 Å². The quantitative estimate of drug-likeness (QED) is 0.320. The molecule has 0 radical (unpaired) electrons. The lowest BCUT2D eigenvalue weighted by atomic mass is 10.0. The average Bonchev–Trinajstić information content (AvgIpc) is 2.83. The van der Waals surface area contributed by atoms with Gasteiger partial charge in [-0.2, -0.15) is 26.3 Å². The second-order valence-corrected chi connectivity index (χ2v) is 8.40. The number of ether oxygens (including phenoxy) is 1. The van der Waals surface area contributed by atoms with Gasteiger partial charge in [0, 0.05) is 16.9 Å². The van der Waals surface area contributed by atoms with Crippen LogP contribution in [0.15, 0.2) is 66.9 Å². The summed E-state index contributed by atoms with van der Waals surface area (Å²) in [6.07, 6.45) is -8.03. The molecule has 4 nitrogen and oxygen atoms in total. The normalized spacial score (nSPS) is 12.0. The Balaban J connectivity index is 1.90. The summed E-state index contributed by atoms with van der Waals surface area (Å²) in [5.74, 6) is 0.560. The molecule has 3 rings (SSSR count). The molecule has 196 valence electrons. The first-order valence-electron chi connectivity index (χ1n) is 10.7. The first kappa shape index (κ1) is 27.9.